The van der Waals surface area contributed by atoms with Crippen LogP contribution >= 0.6 is 0 Å². The lowest BCUT2D eigenvalue weighted by molar-refractivity contribution is 0.211. The van der Waals surface area contributed by atoms with Crippen LogP contribution in [-0.4, -0.2) is 32.5 Å². The first-order valence-electron chi connectivity index (χ1n) is 9.23. The third kappa shape index (κ3) is 4.61. The Morgan fingerprint density at radius 2 is 1.00 bits per heavy atom. The topological polar surface area (TPSA) is 9.23 Å². The van der Waals surface area contributed by atoms with Crippen LogP contribution in [0, 0.1) is 0 Å². The van der Waals surface area contributed by atoms with Gasteiger partial charge >= 0.3 is 0 Å². The highest BCUT2D eigenvalue weighted by Gasteiger charge is 2.56. The van der Waals surface area contributed by atoms with Crippen LogP contribution in [0.5, 0.6) is 0 Å². The molecule has 5 heteroatoms. The Kier molecular flexibility index (Phi) is 6.12. The highest BCUT2D eigenvalue weighted by atomic mass is 28.4. The van der Waals surface area contributed by atoms with E-state index in [-0.39, 0.29) is 4.85 Å². The molecule has 0 amide bonds. The normalized spacial score (nSPS) is 14.8. The van der Waals surface area contributed by atoms with Gasteiger partial charge in [-0.1, -0.05) is 88.4 Å². The molecule has 0 fully saturated rings. The molecule has 0 saturated heterocycles. The van der Waals surface area contributed by atoms with E-state index in [1.165, 1.54) is 5.56 Å². The highest BCUT2D eigenvalue weighted by Crippen LogP contribution is 2.45. The van der Waals surface area contributed by atoms with Gasteiger partial charge in [-0.2, -0.15) is 0 Å². The standard InChI is InChI=1S/C19H40OSi4/c1-21(2,3)18-15-13-17(14-16-18)19(22(4,5)6,23(7,8)9)20-24(10,11)12/h13-16H,1-12H3. The molecule has 24 heavy (non-hydrogen) atoms. The first-order valence-corrected chi connectivity index (χ1v) is 23.1. The van der Waals surface area contributed by atoms with Crippen molar-refractivity contribution in [3.8, 4) is 0 Å². The molecular formula is C19H40OSi4. The Balaban J connectivity index is 3.64. The molecule has 0 heterocycles. The molecule has 0 spiro atoms. The smallest absolute Gasteiger partial charge is 0.184 e. The summed E-state index contributed by atoms with van der Waals surface area (Å²) >= 11 is 0. The molecule has 0 N–H and O–H groups in total. The summed E-state index contributed by atoms with van der Waals surface area (Å²) < 4.78 is 7.14. The van der Waals surface area contributed by atoms with Gasteiger partial charge < -0.3 is 4.43 Å². The summed E-state index contributed by atoms with van der Waals surface area (Å²) in [6.45, 7) is 29.3. The minimum absolute atomic E-state index is 0.0254. The molecule has 1 aromatic carbocycles. The Hall–Kier alpha value is 0.0475. The zero-order chi connectivity index (χ0) is 19.2. The third-order valence-corrected chi connectivity index (χ3v) is 17.6. The molecule has 0 radical (unpaired) electrons. The van der Waals surface area contributed by atoms with Crippen LogP contribution in [-0.2, 0) is 9.27 Å². The van der Waals surface area contributed by atoms with E-state index >= 15 is 0 Å². The van der Waals surface area contributed by atoms with Crippen molar-refractivity contribution < 1.29 is 4.43 Å². The lowest BCUT2D eigenvalue weighted by Gasteiger charge is -2.55. The fourth-order valence-corrected chi connectivity index (χ4v) is 21.6. The van der Waals surface area contributed by atoms with Crippen molar-refractivity contribution in [2.45, 2.75) is 83.4 Å². The fourth-order valence-electron chi connectivity index (χ4n) is 4.02. The lowest BCUT2D eigenvalue weighted by atomic mass is 10.2. The van der Waals surface area contributed by atoms with E-state index in [1.54, 1.807) is 5.19 Å². The van der Waals surface area contributed by atoms with Crippen LogP contribution < -0.4 is 5.19 Å². The summed E-state index contributed by atoms with van der Waals surface area (Å²) in [5, 5.41) is 1.54. The van der Waals surface area contributed by atoms with E-state index in [4.69, 9.17) is 4.43 Å². The van der Waals surface area contributed by atoms with Crippen LogP contribution in [0.25, 0.3) is 0 Å². The van der Waals surface area contributed by atoms with E-state index in [0.29, 0.717) is 0 Å². The average molecular weight is 397 g/mol. The molecule has 0 aliphatic heterocycles. The quantitative estimate of drug-likeness (QED) is 0.533. The molecule has 1 aromatic rings. The van der Waals surface area contributed by atoms with Gasteiger partial charge in [-0.3, -0.25) is 0 Å². The van der Waals surface area contributed by atoms with Crippen molar-refractivity contribution in [1.82, 2.24) is 0 Å². The summed E-state index contributed by atoms with van der Waals surface area (Å²) in [5.74, 6) is 0. The van der Waals surface area contributed by atoms with Crippen molar-refractivity contribution in [2.75, 3.05) is 0 Å². The first-order chi connectivity index (χ1) is 10.4. The summed E-state index contributed by atoms with van der Waals surface area (Å²) in [5.41, 5.74) is 1.45. The Labute approximate surface area is 155 Å². The van der Waals surface area contributed by atoms with E-state index in [0.717, 1.165) is 0 Å². The Bertz CT molecular complexity index is 537. The van der Waals surface area contributed by atoms with Crippen molar-refractivity contribution in [3.63, 3.8) is 0 Å². The number of hydrogen-bond acceptors (Lipinski definition) is 1. The van der Waals surface area contributed by atoms with Gasteiger partial charge in [0, 0.05) is 0 Å². The zero-order valence-corrected chi connectivity index (χ0v) is 22.2. The molecule has 1 rings (SSSR count). The Morgan fingerprint density at radius 3 is 1.25 bits per heavy atom. The first kappa shape index (κ1) is 22.1. The van der Waals surface area contributed by atoms with E-state index in [1.807, 2.05) is 0 Å². The van der Waals surface area contributed by atoms with Gasteiger partial charge in [-0.25, -0.2) is 0 Å². The van der Waals surface area contributed by atoms with Crippen LogP contribution in [0.4, 0.5) is 0 Å². The monoisotopic (exact) mass is 396 g/mol. The van der Waals surface area contributed by atoms with E-state index < -0.39 is 32.5 Å². The molecule has 0 atom stereocenters. The van der Waals surface area contributed by atoms with Gasteiger partial charge in [-0.05, 0) is 25.2 Å². The summed E-state index contributed by atoms with van der Waals surface area (Å²) in [4.78, 5) is -0.0254. The van der Waals surface area contributed by atoms with E-state index in [9.17, 15) is 0 Å². The molecule has 0 saturated carbocycles. The van der Waals surface area contributed by atoms with Gasteiger partial charge in [0.05, 0.1) is 29.1 Å². The largest absolute Gasteiger partial charge is 0.414 e. The fraction of sp³-hybridized carbons (Fsp3) is 0.684. The van der Waals surface area contributed by atoms with E-state index in [2.05, 4.69) is 103 Å². The minimum atomic E-state index is -1.67. The summed E-state index contributed by atoms with van der Waals surface area (Å²) in [6, 6.07) is 9.60. The van der Waals surface area contributed by atoms with Crippen LogP contribution in [0.15, 0.2) is 24.3 Å². The van der Waals surface area contributed by atoms with Crippen LogP contribution in [0.2, 0.25) is 78.6 Å². The number of rotatable bonds is 6. The summed E-state index contributed by atoms with van der Waals surface area (Å²) in [6.07, 6.45) is 0. The molecule has 1 nitrogen and oxygen atoms in total. The van der Waals surface area contributed by atoms with Crippen LogP contribution in [0.1, 0.15) is 5.56 Å². The number of hydrogen-bond donors (Lipinski definition) is 0. The van der Waals surface area contributed by atoms with Gasteiger partial charge in [0.1, 0.15) is 0 Å². The van der Waals surface area contributed by atoms with Gasteiger partial charge in [0.15, 0.2) is 8.32 Å². The average Bonchev–Trinajstić information content (AvgIpc) is 2.31. The Morgan fingerprint density at radius 1 is 0.625 bits per heavy atom. The summed E-state index contributed by atoms with van der Waals surface area (Å²) in [7, 11) is -6.13. The zero-order valence-electron chi connectivity index (χ0n) is 18.2. The highest BCUT2D eigenvalue weighted by molar-refractivity contribution is 6.98. The van der Waals surface area contributed by atoms with Crippen molar-refractivity contribution in [2.24, 2.45) is 0 Å². The predicted molar refractivity (Wildman–Crippen MR) is 122 cm³/mol. The second-order valence-corrected chi connectivity index (χ2v) is 31.6. The molecule has 138 valence electrons. The minimum Gasteiger partial charge on any atom is -0.414 e. The molecule has 0 unspecified atom stereocenters. The SMILES string of the molecule is C[Si](C)(C)OC(c1ccc([Si](C)(C)C)cc1)([Si](C)(C)C)[Si](C)(C)C. The van der Waals surface area contributed by atoms with Gasteiger partial charge in [-0.15, -0.1) is 0 Å². The third-order valence-electron chi connectivity index (χ3n) is 4.73. The maximum Gasteiger partial charge on any atom is 0.184 e. The lowest BCUT2D eigenvalue weighted by Crippen LogP contribution is -2.68. The van der Waals surface area contributed by atoms with Crippen LogP contribution in [0.3, 0.4) is 0 Å². The maximum absolute atomic E-state index is 7.14. The van der Waals surface area contributed by atoms with Gasteiger partial charge in [0.2, 0.25) is 0 Å². The van der Waals surface area contributed by atoms with Crippen molar-refractivity contribution in [1.29, 1.82) is 0 Å². The van der Waals surface area contributed by atoms with Gasteiger partial charge in [0.25, 0.3) is 0 Å². The number of benzene rings is 1. The maximum atomic E-state index is 7.14. The second-order valence-electron chi connectivity index (χ2n) is 11.2. The molecule has 0 aromatic heterocycles. The van der Waals surface area contributed by atoms with Crippen molar-refractivity contribution >= 4 is 37.7 Å². The predicted octanol–water partition coefficient (Wildman–Crippen LogP) is 6.03. The second kappa shape index (κ2) is 6.65. The molecule has 0 aliphatic carbocycles. The molecule has 0 bridgehead atoms. The van der Waals surface area contributed by atoms with Crippen molar-refractivity contribution in [3.05, 3.63) is 29.8 Å². The molecular weight excluding hydrogens is 357 g/mol. The molecule has 0 aliphatic rings.